The van der Waals surface area contributed by atoms with Crippen molar-refractivity contribution in [1.29, 1.82) is 0 Å². The summed E-state index contributed by atoms with van der Waals surface area (Å²) in [6, 6.07) is 12.6. The van der Waals surface area contributed by atoms with E-state index >= 15 is 0 Å². The van der Waals surface area contributed by atoms with Crippen LogP contribution >= 0.6 is 15.9 Å². The molecule has 98 valence electrons. The lowest BCUT2D eigenvalue weighted by atomic mass is 10.2. The average molecular weight is 321 g/mol. The Morgan fingerprint density at radius 3 is 2.58 bits per heavy atom. The number of nitrogens with one attached hydrogen (secondary N) is 1. The van der Waals surface area contributed by atoms with Gasteiger partial charge in [0, 0.05) is 0 Å². The smallest absolute Gasteiger partial charge is 0.129 e. The molecule has 0 aliphatic carbocycles. The van der Waals surface area contributed by atoms with Gasteiger partial charge in [-0.15, -0.1) is 0 Å². The van der Waals surface area contributed by atoms with Crippen molar-refractivity contribution in [1.82, 2.24) is 0 Å². The molecule has 0 fully saturated rings. The molecule has 0 atom stereocenters. The first-order valence-corrected chi connectivity index (χ1v) is 6.40. The molecule has 0 bridgehead atoms. The second-order valence-electron chi connectivity index (χ2n) is 3.81. The number of anilines is 1. The molecule has 0 aromatic heterocycles. The van der Waals surface area contributed by atoms with E-state index in [0.29, 0.717) is 4.47 Å². The molecule has 5 heteroatoms. The maximum atomic E-state index is 9.38. The SMILES string of the molecule is COc1ccc(N/N=C/c2ccc(O)c(Br)c2)cc1. The third-order valence-corrected chi connectivity index (χ3v) is 3.10. The quantitative estimate of drug-likeness (QED) is 0.668. The molecule has 2 aromatic carbocycles. The second kappa shape index (κ2) is 6.24. The zero-order valence-electron chi connectivity index (χ0n) is 10.3. The maximum absolute atomic E-state index is 9.38. The lowest BCUT2D eigenvalue weighted by Gasteiger charge is -2.02. The number of ether oxygens (including phenoxy) is 1. The Labute approximate surface area is 119 Å². The van der Waals surface area contributed by atoms with Crippen LogP contribution in [0.4, 0.5) is 5.69 Å². The molecule has 0 saturated heterocycles. The number of hydrogen-bond donors (Lipinski definition) is 2. The normalized spacial score (nSPS) is 10.6. The number of halogens is 1. The molecule has 0 heterocycles. The van der Waals surface area contributed by atoms with E-state index in [-0.39, 0.29) is 5.75 Å². The Morgan fingerprint density at radius 1 is 1.21 bits per heavy atom. The van der Waals surface area contributed by atoms with E-state index in [9.17, 15) is 5.11 Å². The topological polar surface area (TPSA) is 53.8 Å². The molecule has 2 N–H and O–H groups in total. The van der Waals surface area contributed by atoms with Gasteiger partial charge >= 0.3 is 0 Å². The van der Waals surface area contributed by atoms with Gasteiger partial charge in [0.25, 0.3) is 0 Å². The first-order valence-electron chi connectivity index (χ1n) is 5.60. The van der Waals surface area contributed by atoms with Gasteiger partial charge in [0.1, 0.15) is 11.5 Å². The molecule has 0 aliphatic heterocycles. The van der Waals surface area contributed by atoms with Crippen molar-refractivity contribution in [3.8, 4) is 11.5 Å². The van der Waals surface area contributed by atoms with Gasteiger partial charge in [0.2, 0.25) is 0 Å². The second-order valence-corrected chi connectivity index (χ2v) is 4.66. The minimum Gasteiger partial charge on any atom is -0.507 e. The van der Waals surface area contributed by atoms with Crippen molar-refractivity contribution < 1.29 is 9.84 Å². The monoisotopic (exact) mass is 320 g/mol. The molecule has 2 aromatic rings. The van der Waals surface area contributed by atoms with Crippen LogP contribution in [0, 0.1) is 0 Å². The zero-order valence-corrected chi connectivity index (χ0v) is 11.9. The summed E-state index contributed by atoms with van der Waals surface area (Å²) in [4.78, 5) is 0. The van der Waals surface area contributed by atoms with E-state index in [1.165, 1.54) is 0 Å². The Morgan fingerprint density at radius 2 is 1.95 bits per heavy atom. The molecule has 2 rings (SSSR count). The van der Waals surface area contributed by atoms with Gasteiger partial charge in [0.05, 0.1) is 23.5 Å². The highest BCUT2D eigenvalue weighted by atomic mass is 79.9. The summed E-state index contributed by atoms with van der Waals surface area (Å²) < 4.78 is 5.71. The Bertz CT molecular complexity index is 582. The Kier molecular flexibility index (Phi) is 4.41. The van der Waals surface area contributed by atoms with Crippen LogP contribution in [0.5, 0.6) is 11.5 Å². The molecule has 0 saturated carbocycles. The molecule has 0 unspecified atom stereocenters. The number of methoxy groups -OCH3 is 1. The van der Waals surface area contributed by atoms with Gasteiger partial charge in [-0.25, -0.2) is 0 Å². The van der Waals surface area contributed by atoms with Crippen molar-refractivity contribution in [2.24, 2.45) is 5.10 Å². The Hall–Kier alpha value is -2.01. The third-order valence-electron chi connectivity index (χ3n) is 2.47. The molecular formula is C14H13BrN2O2. The lowest BCUT2D eigenvalue weighted by Crippen LogP contribution is -1.91. The first-order chi connectivity index (χ1) is 9.19. The summed E-state index contributed by atoms with van der Waals surface area (Å²) >= 11 is 3.25. The van der Waals surface area contributed by atoms with E-state index in [0.717, 1.165) is 17.0 Å². The average Bonchev–Trinajstić information content (AvgIpc) is 2.43. The molecule has 0 radical (unpaired) electrons. The predicted molar refractivity (Wildman–Crippen MR) is 80.0 cm³/mol. The molecule has 4 nitrogen and oxygen atoms in total. The van der Waals surface area contributed by atoms with E-state index < -0.39 is 0 Å². The van der Waals surface area contributed by atoms with Crippen molar-refractivity contribution in [3.63, 3.8) is 0 Å². The minimum atomic E-state index is 0.209. The van der Waals surface area contributed by atoms with Crippen LogP contribution < -0.4 is 10.2 Å². The van der Waals surface area contributed by atoms with Crippen LogP contribution in [-0.2, 0) is 0 Å². The van der Waals surface area contributed by atoms with E-state index in [4.69, 9.17) is 4.74 Å². The number of phenolic OH excluding ortho intramolecular Hbond substituents is 1. The molecular weight excluding hydrogens is 308 g/mol. The number of nitrogens with zero attached hydrogens (tertiary/aromatic N) is 1. The van der Waals surface area contributed by atoms with Gasteiger partial charge in [-0.1, -0.05) is 0 Å². The number of aromatic hydroxyl groups is 1. The van der Waals surface area contributed by atoms with Gasteiger partial charge < -0.3 is 9.84 Å². The Balaban J connectivity index is 2.00. The first kappa shape index (κ1) is 13.4. The van der Waals surface area contributed by atoms with Gasteiger partial charge in [-0.3, -0.25) is 5.43 Å². The van der Waals surface area contributed by atoms with Gasteiger partial charge in [-0.05, 0) is 64.0 Å². The standard InChI is InChI=1S/C14H13BrN2O2/c1-19-12-5-3-11(4-6-12)17-16-9-10-2-7-14(18)13(15)8-10/h2-9,17-18H,1H3/b16-9+. The van der Waals surface area contributed by atoms with E-state index in [1.807, 2.05) is 24.3 Å². The largest absolute Gasteiger partial charge is 0.507 e. The number of benzene rings is 2. The highest BCUT2D eigenvalue weighted by Gasteiger charge is 1.97. The molecule has 0 amide bonds. The highest BCUT2D eigenvalue weighted by Crippen LogP contribution is 2.23. The minimum absolute atomic E-state index is 0.209. The fraction of sp³-hybridized carbons (Fsp3) is 0.0714. The van der Waals surface area contributed by atoms with Crippen LogP contribution in [0.25, 0.3) is 0 Å². The zero-order chi connectivity index (χ0) is 13.7. The summed E-state index contributed by atoms with van der Waals surface area (Å²) in [7, 11) is 1.63. The fourth-order valence-corrected chi connectivity index (χ4v) is 1.85. The van der Waals surface area contributed by atoms with E-state index in [2.05, 4.69) is 26.5 Å². The predicted octanol–water partition coefficient (Wildman–Crippen LogP) is 3.61. The summed E-state index contributed by atoms with van der Waals surface area (Å²) in [5, 5.41) is 13.5. The highest BCUT2D eigenvalue weighted by molar-refractivity contribution is 9.10. The fourth-order valence-electron chi connectivity index (χ4n) is 1.45. The third kappa shape index (κ3) is 3.72. The summed E-state index contributed by atoms with van der Waals surface area (Å²) in [5.74, 6) is 1.01. The number of hydrazone groups is 1. The van der Waals surface area contributed by atoms with Crippen LogP contribution in [0.3, 0.4) is 0 Å². The van der Waals surface area contributed by atoms with Gasteiger partial charge in [-0.2, -0.15) is 5.10 Å². The summed E-state index contributed by atoms with van der Waals surface area (Å²) in [6.45, 7) is 0. The van der Waals surface area contributed by atoms with Crippen molar-refractivity contribution in [2.75, 3.05) is 12.5 Å². The molecule has 0 aliphatic rings. The number of rotatable bonds is 4. The van der Waals surface area contributed by atoms with Crippen LogP contribution in [-0.4, -0.2) is 18.4 Å². The molecule has 19 heavy (non-hydrogen) atoms. The maximum Gasteiger partial charge on any atom is 0.129 e. The lowest BCUT2D eigenvalue weighted by molar-refractivity contribution is 0.415. The number of phenols is 1. The van der Waals surface area contributed by atoms with Gasteiger partial charge in [0.15, 0.2) is 0 Å². The van der Waals surface area contributed by atoms with E-state index in [1.54, 1.807) is 31.5 Å². The number of hydrogen-bond acceptors (Lipinski definition) is 4. The van der Waals surface area contributed by atoms with Crippen molar-refractivity contribution in [2.45, 2.75) is 0 Å². The summed E-state index contributed by atoms with van der Waals surface area (Å²) in [5.41, 5.74) is 4.67. The van der Waals surface area contributed by atoms with Crippen molar-refractivity contribution in [3.05, 3.63) is 52.5 Å². The van der Waals surface area contributed by atoms with Crippen LogP contribution in [0.1, 0.15) is 5.56 Å². The van der Waals surface area contributed by atoms with Crippen LogP contribution in [0.15, 0.2) is 52.0 Å². The van der Waals surface area contributed by atoms with Crippen molar-refractivity contribution >= 4 is 27.8 Å². The molecule has 0 spiro atoms. The summed E-state index contributed by atoms with van der Waals surface area (Å²) in [6.07, 6.45) is 1.68. The van der Waals surface area contributed by atoms with Crippen LogP contribution in [0.2, 0.25) is 0 Å².